The summed E-state index contributed by atoms with van der Waals surface area (Å²) in [6.07, 6.45) is 3.93. The fourth-order valence-corrected chi connectivity index (χ4v) is 2.87. The van der Waals surface area contributed by atoms with Crippen molar-refractivity contribution < 1.29 is 14.2 Å². The van der Waals surface area contributed by atoms with Gasteiger partial charge in [0.25, 0.3) is 0 Å². The largest absolute Gasteiger partial charge is 0.493 e. The quantitative estimate of drug-likeness (QED) is 0.382. The standard InChI is InChI=1S/C19H26N4O3/c1-3-4-9-24-15-8-6-5-7-13(15)10-14-11-22-17(16(14)23-19(20)21)18-25-12(2)26-18/h5-8,11-12,18,22H,3-4,9-10H2,1-2H3,(H4,20,21,23). The number of hydrogen-bond acceptors (Lipinski definition) is 4. The lowest BCUT2D eigenvalue weighted by atomic mass is 10.0. The van der Waals surface area contributed by atoms with Gasteiger partial charge in [0, 0.05) is 18.2 Å². The smallest absolute Gasteiger partial charge is 0.206 e. The van der Waals surface area contributed by atoms with Crippen molar-refractivity contribution in [3.63, 3.8) is 0 Å². The lowest BCUT2D eigenvalue weighted by Crippen LogP contribution is -2.32. The molecule has 1 aliphatic rings. The first-order chi connectivity index (χ1) is 12.6. The number of unbranched alkanes of at least 4 members (excludes halogenated alkanes) is 1. The van der Waals surface area contributed by atoms with E-state index < -0.39 is 6.29 Å². The molecule has 0 aliphatic carbocycles. The van der Waals surface area contributed by atoms with E-state index in [-0.39, 0.29) is 12.2 Å². The highest BCUT2D eigenvalue weighted by atomic mass is 16.9. The van der Waals surface area contributed by atoms with Gasteiger partial charge in [0.15, 0.2) is 12.2 Å². The molecule has 0 amide bonds. The van der Waals surface area contributed by atoms with E-state index in [1.165, 1.54) is 0 Å². The Morgan fingerprint density at radius 1 is 1.23 bits per heavy atom. The SMILES string of the molecule is CCCCOc1ccccc1Cc1c[nH]c(C2OC(C)O2)c1N=C(N)N. The van der Waals surface area contributed by atoms with E-state index in [2.05, 4.69) is 16.9 Å². The molecule has 0 radical (unpaired) electrons. The van der Waals surface area contributed by atoms with Gasteiger partial charge in [0.05, 0.1) is 18.0 Å². The number of para-hydroxylation sites is 1. The summed E-state index contributed by atoms with van der Waals surface area (Å²) in [5, 5.41) is 0. The minimum atomic E-state index is -0.479. The number of benzene rings is 1. The van der Waals surface area contributed by atoms with Gasteiger partial charge < -0.3 is 30.7 Å². The Balaban J connectivity index is 1.85. The number of aromatic amines is 1. The Labute approximate surface area is 153 Å². The van der Waals surface area contributed by atoms with E-state index in [4.69, 9.17) is 25.7 Å². The van der Waals surface area contributed by atoms with Crippen LogP contribution in [-0.2, 0) is 15.9 Å². The Hall–Kier alpha value is -2.51. The zero-order chi connectivity index (χ0) is 18.5. The molecule has 0 bridgehead atoms. The maximum atomic E-state index is 5.93. The minimum absolute atomic E-state index is 0.00745. The predicted octanol–water partition coefficient (Wildman–Crippen LogP) is 3.08. The Bertz CT molecular complexity index is 762. The van der Waals surface area contributed by atoms with Crippen LogP contribution in [-0.4, -0.2) is 23.8 Å². The minimum Gasteiger partial charge on any atom is -0.493 e. The monoisotopic (exact) mass is 358 g/mol. The molecule has 1 aromatic carbocycles. The Morgan fingerprint density at radius 2 is 2.00 bits per heavy atom. The number of H-pyrrole nitrogens is 1. The van der Waals surface area contributed by atoms with Gasteiger partial charge >= 0.3 is 0 Å². The summed E-state index contributed by atoms with van der Waals surface area (Å²) < 4.78 is 17.1. The molecule has 5 N–H and O–H groups in total. The number of nitrogens with zero attached hydrogens (tertiary/aromatic N) is 1. The normalized spacial score (nSPS) is 19.0. The van der Waals surface area contributed by atoms with E-state index in [9.17, 15) is 0 Å². The van der Waals surface area contributed by atoms with Gasteiger partial charge in [-0.2, -0.15) is 0 Å². The van der Waals surface area contributed by atoms with Crippen LogP contribution in [0, 0.1) is 0 Å². The van der Waals surface area contributed by atoms with Crippen LogP contribution in [0.15, 0.2) is 35.5 Å². The lowest BCUT2D eigenvalue weighted by molar-refractivity contribution is -0.383. The molecular formula is C19H26N4O3. The summed E-state index contributed by atoms with van der Waals surface area (Å²) in [5.41, 5.74) is 14.6. The average Bonchev–Trinajstić information content (AvgIpc) is 2.95. The van der Waals surface area contributed by atoms with Crippen LogP contribution in [0.2, 0.25) is 0 Å². The van der Waals surface area contributed by atoms with Gasteiger partial charge in [-0.1, -0.05) is 31.5 Å². The topological polar surface area (TPSA) is 108 Å². The maximum absolute atomic E-state index is 5.93. The number of rotatable bonds is 8. The third kappa shape index (κ3) is 4.17. The molecule has 1 fully saturated rings. The molecule has 0 unspecified atom stereocenters. The molecule has 7 nitrogen and oxygen atoms in total. The molecule has 1 aliphatic heterocycles. The molecule has 140 valence electrons. The van der Waals surface area contributed by atoms with Gasteiger partial charge in [-0.25, -0.2) is 4.99 Å². The zero-order valence-electron chi connectivity index (χ0n) is 15.2. The van der Waals surface area contributed by atoms with Gasteiger partial charge in [-0.15, -0.1) is 0 Å². The summed E-state index contributed by atoms with van der Waals surface area (Å²) >= 11 is 0. The van der Waals surface area contributed by atoms with Crippen LogP contribution >= 0.6 is 0 Å². The summed E-state index contributed by atoms with van der Waals surface area (Å²) in [6, 6.07) is 8.00. The van der Waals surface area contributed by atoms with Crippen LogP contribution in [0.25, 0.3) is 0 Å². The highest BCUT2D eigenvalue weighted by Crippen LogP contribution is 2.39. The molecule has 0 spiro atoms. The number of guanidine groups is 1. The van der Waals surface area contributed by atoms with Crippen molar-refractivity contribution in [3.05, 3.63) is 47.3 Å². The van der Waals surface area contributed by atoms with E-state index in [0.717, 1.165) is 35.4 Å². The fourth-order valence-electron chi connectivity index (χ4n) is 2.87. The molecular weight excluding hydrogens is 332 g/mol. The molecule has 0 atom stereocenters. The van der Waals surface area contributed by atoms with Crippen molar-refractivity contribution in [2.75, 3.05) is 6.61 Å². The number of ether oxygens (including phenoxy) is 3. The first-order valence-corrected chi connectivity index (χ1v) is 8.90. The number of aliphatic imine (C=N–C) groups is 1. The third-order valence-electron chi connectivity index (χ3n) is 4.18. The van der Waals surface area contributed by atoms with Gasteiger partial charge in [-0.3, -0.25) is 0 Å². The summed E-state index contributed by atoms with van der Waals surface area (Å²) in [4.78, 5) is 7.47. The molecule has 1 aromatic heterocycles. The van der Waals surface area contributed by atoms with Crippen molar-refractivity contribution in [3.8, 4) is 5.75 Å². The molecule has 2 aromatic rings. The van der Waals surface area contributed by atoms with Gasteiger partial charge in [0.1, 0.15) is 5.75 Å². The first kappa shape index (κ1) is 18.3. The molecule has 2 heterocycles. The zero-order valence-corrected chi connectivity index (χ0v) is 15.2. The fraction of sp³-hybridized carbons (Fsp3) is 0.421. The highest BCUT2D eigenvalue weighted by Gasteiger charge is 2.32. The third-order valence-corrected chi connectivity index (χ3v) is 4.18. The van der Waals surface area contributed by atoms with Crippen molar-refractivity contribution in [2.45, 2.75) is 45.7 Å². The second kappa shape index (κ2) is 8.25. The maximum Gasteiger partial charge on any atom is 0.206 e. The second-order valence-electron chi connectivity index (χ2n) is 6.27. The first-order valence-electron chi connectivity index (χ1n) is 8.90. The van der Waals surface area contributed by atoms with E-state index in [0.29, 0.717) is 18.7 Å². The van der Waals surface area contributed by atoms with Crippen molar-refractivity contribution in [2.24, 2.45) is 16.5 Å². The number of nitrogens with one attached hydrogen (secondary N) is 1. The van der Waals surface area contributed by atoms with Crippen molar-refractivity contribution in [1.82, 2.24) is 4.98 Å². The van der Waals surface area contributed by atoms with E-state index >= 15 is 0 Å². The summed E-state index contributed by atoms with van der Waals surface area (Å²) in [7, 11) is 0. The van der Waals surface area contributed by atoms with Gasteiger partial charge in [0.2, 0.25) is 6.29 Å². The van der Waals surface area contributed by atoms with E-state index in [1.54, 1.807) is 0 Å². The van der Waals surface area contributed by atoms with Crippen LogP contribution in [0.1, 0.15) is 49.8 Å². The summed E-state index contributed by atoms with van der Waals surface area (Å²) in [5.74, 6) is 0.871. The number of nitrogens with two attached hydrogens (primary N) is 2. The highest BCUT2D eigenvalue weighted by molar-refractivity contribution is 5.80. The molecule has 1 saturated heterocycles. The lowest BCUT2D eigenvalue weighted by Gasteiger charge is -2.33. The van der Waals surface area contributed by atoms with Crippen molar-refractivity contribution in [1.29, 1.82) is 0 Å². The Kier molecular flexibility index (Phi) is 5.80. The predicted molar refractivity (Wildman–Crippen MR) is 100 cm³/mol. The summed E-state index contributed by atoms with van der Waals surface area (Å²) in [6.45, 7) is 4.68. The van der Waals surface area contributed by atoms with Crippen LogP contribution in [0.3, 0.4) is 0 Å². The molecule has 0 saturated carbocycles. The molecule has 3 rings (SSSR count). The van der Waals surface area contributed by atoms with Gasteiger partial charge in [-0.05, 0) is 25.0 Å². The van der Waals surface area contributed by atoms with E-state index in [1.807, 2.05) is 37.4 Å². The number of hydrogen-bond donors (Lipinski definition) is 3. The second-order valence-corrected chi connectivity index (χ2v) is 6.27. The van der Waals surface area contributed by atoms with Crippen LogP contribution in [0.5, 0.6) is 5.75 Å². The van der Waals surface area contributed by atoms with Crippen molar-refractivity contribution >= 4 is 11.6 Å². The Morgan fingerprint density at radius 3 is 2.69 bits per heavy atom. The van der Waals surface area contributed by atoms with Crippen LogP contribution < -0.4 is 16.2 Å². The molecule has 7 heteroatoms. The number of aromatic nitrogens is 1. The molecule has 26 heavy (non-hydrogen) atoms. The average molecular weight is 358 g/mol. The van der Waals surface area contributed by atoms with Crippen LogP contribution in [0.4, 0.5) is 5.69 Å².